The lowest BCUT2D eigenvalue weighted by molar-refractivity contribution is -0.0115. The fourth-order valence-electron chi connectivity index (χ4n) is 5.04. The molecule has 4 heterocycles. The van der Waals surface area contributed by atoms with Gasteiger partial charge in [-0.15, -0.1) is 10.2 Å². The van der Waals surface area contributed by atoms with Gasteiger partial charge in [0.1, 0.15) is 0 Å². The normalized spacial score (nSPS) is 24.5. The summed E-state index contributed by atoms with van der Waals surface area (Å²) >= 11 is 0. The van der Waals surface area contributed by atoms with Crippen molar-refractivity contribution in [3.05, 3.63) is 23.7 Å². The molecule has 2 aromatic heterocycles. The van der Waals surface area contributed by atoms with Gasteiger partial charge in [0.25, 0.3) is 0 Å². The van der Waals surface area contributed by atoms with Gasteiger partial charge < -0.3 is 0 Å². The number of hydrogen-bond donors (Lipinski definition) is 0. The van der Waals surface area contributed by atoms with Crippen LogP contribution in [0.4, 0.5) is 0 Å². The third-order valence-electron chi connectivity index (χ3n) is 6.72. The van der Waals surface area contributed by atoms with Crippen LogP contribution in [-0.4, -0.2) is 85.9 Å². The van der Waals surface area contributed by atoms with Crippen molar-refractivity contribution in [1.29, 1.82) is 0 Å². The van der Waals surface area contributed by atoms with E-state index in [1.807, 2.05) is 23.6 Å². The van der Waals surface area contributed by atoms with Crippen molar-refractivity contribution in [2.24, 2.45) is 0 Å². The minimum atomic E-state index is 0.715. The predicted molar refractivity (Wildman–Crippen MR) is 105 cm³/mol. The fraction of sp³-hybridized carbons (Fsp3) is 0.750. The van der Waals surface area contributed by atoms with Crippen LogP contribution in [0.25, 0.3) is 5.65 Å². The van der Waals surface area contributed by atoms with Crippen LogP contribution in [0, 0.1) is 6.92 Å². The maximum absolute atomic E-state index is 4.56. The molecular weight excluding hydrogens is 338 g/mol. The molecule has 2 aromatic rings. The lowest BCUT2D eigenvalue weighted by Gasteiger charge is -2.49. The van der Waals surface area contributed by atoms with Gasteiger partial charge in [-0.2, -0.15) is 9.61 Å². The number of piperazine rings is 1. The Balaban J connectivity index is 1.11. The summed E-state index contributed by atoms with van der Waals surface area (Å²) in [5.41, 5.74) is 1.84. The highest BCUT2D eigenvalue weighted by Crippen LogP contribution is 2.25. The number of aryl methyl sites for hydroxylation is 1. The summed E-state index contributed by atoms with van der Waals surface area (Å²) in [5, 5.41) is 13.1. The molecule has 0 radical (unpaired) electrons. The molecule has 27 heavy (non-hydrogen) atoms. The largest absolute Gasteiger partial charge is 0.298 e. The molecule has 0 amide bonds. The van der Waals surface area contributed by atoms with E-state index < -0.39 is 0 Å². The summed E-state index contributed by atoms with van der Waals surface area (Å²) in [4.78, 5) is 7.95. The van der Waals surface area contributed by atoms with Crippen LogP contribution in [0.1, 0.15) is 43.6 Å². The van der Waals surface area contributed by atoms with E-state index in [1.54, 1.807) is 0 Å². The SMILES string of the molecule is Cc1ccc2nnc(CN3CC(N4CCN(C5CCCCC5)CC4)C3)n2n1. The third-order valence-corrected chi connectivity index (χ3v) is 6.72. The molecule has 1 saturated carbocycles. The van der Waals surface area contributed by atoms with Gasteiger partial charge in [0.2, 0.25) is 0 Å². The number of rotatable bonds is 4. The molecule has 146 valence electrons. The fourth-order valence-corrected chi connectivity index (χ4v) is 5.04. The second kappa shape index (κ2) is 7.45. The summed E-state index contributed by atoms with van der Waals surface area (Å²) in [7, 11) is 0. The summed E-state index contributed by atoms with van der Waals surface area (Å²) in [6, 6.07) is 5.56. The lowest BCUT2D eigenvalue weighted by Crippen LogP contribution is -2.63. The van der Waals surface area contributed by atoms with Crippen LogP contribution in [0.15, 0.2) is 12.1 Å². The molecule has 2 aliphatic heterocycles. The van der Waals surface area contributed by atoms with Crippen molar-refractivity contribution >= 4 is 5.65 Å². The molecule has 0 bridgehead atoms. The maximum atomic E-state index is 4.56. The third kappa shape index (κ3) is 3.60. The highest BCUT2D eigenvalue weighted by Gasteiger charge is 2.35. The Hall–Kier alpha value is -1.57. The average Bonchev–Trinajstić information content (AvgIpc) is 3.07. The van der Waals surface area contributed by atoms with Crippen LogP contribution in [0.5, 0.6) is 0 Å². The van der Waals surface area contributed by atoms with Crippen molar-refractivity contribution in [2.45, 2.75) is 57.7 Å². The molecule has 0 atom stereocenters. The summed E-state index contributed by atoms with van der Waals surface area (Å²) in [6.07, 6.45) is 7.18. The molecule has 0 N–H and O–H groups in total. The molecule has 0 spiro atoms. The zero-order chi connectivity index (χ0) is 18.2. The van der Waals surface area contributed by atoms with Gasteiger partial charge in [-0.1, -0.05) is 19.3 Å². The zero-order valence-corrected chi connectivity index (χ0v) is 16.4. The van der Waals surface area contributed by atoms with Crippen LogP contribution in [0.2, 0.25) is 0 Å². The second-order valence-electron chi connectivity index (χ2n) is 8.57. The molecular formula is C20H31N7. The van der Waals surface area contributed by atoms with Gasteiger partial charge in [-0.05, 0) is 31.9 Å². The van der Waals surface area contributed by atoms with E-state index in [0.29, 0.717) is 6.04 Å². The van der Waals surface area contributed by atoms with Crippen molar-refractivity contribution in [3.63, 3.8) is 0 Å². The van der Waals surface area contributed by atoms with Gasteiger partial charge in [0.05, 0.1) is 12.2 Å². The van der Waals surface area contributed by atoms with E-state index in [-0.39, 0.29) is 0 Å². The topological polar surface area (TPSA) is 52.8 Å². The van der Waals surface area contributed by atoms with Gasteiger partial charge in [0.15, 0.2) is 11.5 Å². The van der Waals surface area contributed by atoms with Crippen molar-refractivity contribution in [2.75, 3.05) is 39.3 Å². The number of fused-ring (bicyclic) bond motifs is 1. The summed E-state index contributed by atoms with van der Waals surface area (Å²) in [6.45, 7) is 10.1. The van der Waals surface area contributed by atoms with Crippen LogP contribution < -0.4 is 0 Å². The minimum absolute atomic E-state index is 0.715. The van der Waals surface area contributed by atoms with E-state index >= 15 is 0 Å². The Morgan fingerprint density at radius 3 is 2.33 bits per heavy atom. The van der Waals surface area contributed by atoms with Gasteiger partial charge in [-0.3, -0.25) is 14.7 Å². The molecule has 0 unspecified atom stereocenters. The van der Waals surface area contributed by atoms with E-state index in [4.69, 9.17) is 0 Å². The van der Waals surface area contributed by atoms with E-state index in [2.05, 4.69) is 30.0 Å². The Bertz CT molecular complexity index is 768. The van der Waals surface area contributed by atoms with Crippen molar-refractivity contribution < 1.29 is 0 Å². The summed E-state index contributed by atoms with van der Waals surface area (Å²) < 4.78 is 1.89. The number of aromatic nitrogens is 4. The Morgan fingerprint density at radius 1 is 0.889 bits per heavy atom. The minimum Gasteiger partial charge on any atom is -0.298 e. The Morgan fingerprint density at radius 2 is 1.59 bits per heavy atom. The highest BCUT2D eigenvalue weighted by atomic mass is 15.4. The average molecular weight is 370 g/mol. The maximum Gasteiger partial charge on any atom is 0.177 e. The molecule has 7 nitrogen and oxygen atoms in total. The summed E-state index contributed by atoms with van der Waals surface area (Å²) in [5.74, 6) is 0.953. The van der Waals surface area contributed by atoms with Crippen LogP contribution >= 0.6 is 0 Å². The van der Waals surface area contributed by atoms with E-state index in [1.165, 1.54) is 58.3 Å². The molecule has 7 heteroatoms. The molecule has 3 aliphatic rings. The lowest BCUT2D eigenvalue weighted by atomic mass is 9.93. The van der Waals surface area contributed by atoms with Crippen LogP contribution in [-0.2, 0) is 6.54 Å². The Kier molecular flexibility index (Phi) is 4.83. The number of nitrogens with zero attached hydrogens (tertiary/aromatic N) is 7. The smallest absolute Gasteiger partial charge is 0.177 e. The molecule has 0 aromatic carbocycles. The molecule has 2 saturated heterocycles. The first-order chi connectivity index (χ1) is 13.3. The standard InChI is InChI=1S/C20H31N7/c1-16-7-8-19-21-22-20(27(19)23-16)15-24-13-18(14-24)26-11-9-25(10-12-26)17-5-3-2-4-6-17/h7-8,17-18H,2-6,9-15H2,1H3. The second-order valence-corrected chi connectivity index (χ2v) is 8.57. The predicted octanol–water partition coefficient (Wildman–Crippen LogP) is 1.57. The molecule has 3 fully saturated rings. The van der Waals surface area contributed by atoms with Crippen molar-refractivity contribution in [1.82, 2.24) is 34.5 Å². The van der Waals surface area contributed by atoms with E-state index in [9.17, 15) is 0 Å². The van der Waals surface area contributed by atoms with Gasteiger partial charge in [0, 0.05) is 51.4 Å². The first kappa shape index (κ1) is 17.5. The first-order valence-corrected chi connectivity index (χ1v) is 10.6. The van der Waals surface area contributed by atoms with Crippen LogP contribution in [0.3, 0.4) is 0 Å². The van der Waals surface area contributed by atoms with Gasteiger partial charge >= 0.3 is 0 Å². The van der Waals surface area contributed by atoms with Gasteiger partial charge in [-0.25, -0.2) is 0 Å². The number of hydrogen-bond acceptors (Lipinski definition) is 6. The molecule has 5 rings (SSSR count). The monoisotopic (exact) mass is 369 g/mol. The molecule has 1 aliphatic carbocycles. The van der Waals surface area contributed by atoms with Crippen molar-refractivity contribution in [3.8, 4) is 0 Å². The van der Waals surface area contributed by atoms with E-state index in [0.717, 1.165) is 42.8 Å². The first-order valence-electron chi connectivity index (χ1n) is 10.6. The highest BCUT2D eigenvalue weighted by molar-refractivity contribution is 5.36. The quantitative estimate of drug-likeness (QED) is 0.815. The number of likely N-dealkylation sites (tertiary alicyclic amines) is 1. The Labute approximate surface area is 161 Å². The zero-order valence-electron chi connectivity index (χ0n) is 16.4.